The van der Waals surface area contributed by atoms with Crippen molar-refractivity contribution in [1.29, 1.82) is 0 Å². The fourth-order valence-electron chi connectivity index (χ4n) is 4.08. The number of hydrogen-bond donors (Lipinski definition) is 0. The SMILES string of the molecule is CCOP(=O)(CCCCn1cc(CN2C(=O)c3cccc4c(Br)ccc(c34)C2=O)nn1)OCC. The van der Waals surface area contributed by atoms with Crippen LogP contribution in [0.3, 0.4) is 0 Å². The second-order valence-electron chi connectivity index (χ2n) is 7.87. The van der Waals surface area contributed by atoms with Crippen LogP contribution in [-0.2, 0) is 26.7 Å². The molecule has 1 aliphatic rings. The molecule has 0 spiro atoms. The Bertz CT molecular complexity index is 1250. The predicted molar refractivity (Wildman–Crippen MR) is 131 cm³/mol. The Morgan fingerprint density at radius 1 is 1.00 bits per heavy atom. The Morgan fingerprint density at radius 2 is 1.71 bits per heavy atom. The highest BCUT2D eigenvalue weighted by atomic mass is 79.9. The zero-order chi connectivity index (χ0) is 24.3. The maximum absolute atomic E-state index is 13.1. The Hall–Kier alpha value is -2.39. The minimum Gasteiger partial charge on any atom is -0.309 e. The molecule has 180 valence electrons. The summed E-state index contributed by atoms with van der Waals surface area (Å²) in [7, 11) is -3.05. The second-order valence-corrected chi connectivity index (χ2v) is 10.9. The van der Waals surface area contributed by atoms with Gasteiger partial charge in [0.25, 0.3) is 11.8 Å². The van der Waals surface area contributed by atoms with Crippen LogP contribution >= 0.6 is 23.5 Å². The van der Waals surface area contributed by atoms with Gasteiger partial charge in [-0.3, -0.25) is 23.7 Å². The molecule has 2 amide bonds. The first-order valence-electron chi connectivity index (χ1n) is 11.2. The van der Waals surface area contributed by atoms with Crippen LogP contribution in [0.25, 0.3) is 10.8 Å². The van der Waals surface area contributed by atoms with Gasteiger partial charge in [0.05, 0.1) is 32.1 Å². The third-order valence-corrected chi connectivity index (χ3v) is 8.42. The number of benzene rings is 2. The number of imide groups is 1. The van der Waals surface area contributed by atoms with Crippen molar-refractivity contribution >= 4 is 46.1 Å². The van der Waals surface area contributed by atoms with Gasteiger partial charge < -0.3 is 9.05 Å². The molecular weight excluding hydrogens is 523 g/mol. The molecule has 0 bridgehead atoms. The van der Waals surface area contributed by atoms with E-state index in [1.54, 1.807) is 36.9 Å². The molecule has 2 aromatic carbocycles. The molecule has 1 aromatic heterocycles. The standard InChI is InChI=1S/C23H26BrN4O5P/c1-3-32-34(31,33-4-2)13-6-5-12-27-14-16(25-26-27)15-28-22(29)18-9-7-8-17-20(24)11-10-19(21(17)18)23(28)30/h7-11,14H,3-6,12-13,15H2,1-2H3. The number of carbonyl (C=O) groups excluding carboxylic acids is 2. The van der Waals surface area contributed by atoms with Crippen molar-refractivity contribution in [2.24, 2.45) is 0 Å². The molecule has 1 aliphatic heterocycles. The summed E-state index contributed by atoms with van der Waals surface area (Å²) in [4.78, 5) is 27.5. The summed E-state index contributed by atoms with van der Waals surface area (Å²) in [6, 6.07) is 8.98. The summed E-state index contributed by atoms with van der Waals surface area (Å²) in [6.07, 6.45) is 3.42. The first kappa shape index (κ1) is 24.7. The lowest BCUT2D eigenvalue weighted by atomic mass is 9.94. The van der Waals surface area contributed by atoms with Crippen molar-refractivity contribution in [2.75, 3.05) is 19.4 Å². The molecule has 0 atom stereocenters. The van der Waals surface area contributed by atoms with E-state index in [1.807, 2.05) is 18.2 Å². The number of halogens is 1. The third kappa shape index (κ3) is 5.00. The molecule has 0 fully saturated rings. The van der Waals surface area contributed by atoms with E-state index in [9.17, 15) is 14.2 Å². The van der Waals surface area contributed by atoms with Gasteiger partial charge in [0.1, 0.15) is 5.69 Å². The second kappa shape index (κ2) is 10.5. The molecule has 0 aliphatic carbocycles. The normalized spacial score (nSPS) is 13.8. The van der Waals surface area contributed by atoms with Crippen LogP contribution in [0, 0.1) is 0 Å². The lowest BCUT2D eigenvalue weighted by molar-refractivity contribution is 0.0596. The summed E-state index contributed by atoms with van der Waals surface area (Å²) < 4.78 is 25.6. The number of amides is 2. The van der Waals surface area contributed by atoms with Crippen LogP contribution in [0.5, 0.6) is 0 Å². The minimum absolute atomic E-state index is 0.0352. The van der Waals surface area contributed by atoms with Gasteiger partial charge in [0.15, 0.2) is 0 Å². The monoisotopic (exact) mass is 548 g/mol. The molecule has 2 heterocycles. The highest BCUT2D eigenvalue weighted by Crippen LogP contribution is 2.48. The predicted octanol–water partition coefficient (Wildman–Crippen LogP) is 5.04. The highest BCUT2D eigenvalue weighted by Gasteiger charge is 2.33. The van der Waals surface area contributed by atoms with Gasteiger partial charge in [-0.15, -0.1) is 5.10 Å². The Kier molecular flexibility index (Phi) is 7.62. The lowest BCUT2D eigenvalue weighted by Crippen LogP contribution is -2.39. The Balaban J connectivity index is 1.41. The Morgan fingerprint density at radius 3 is 2.41 bits per heavy atom. The average molecular weight is 549 g/mol. The molecule has 3 aromatic rings. The molecule has 0 N–H and O–H groups in total. The molecule has 0 saturated carbocycles. The van der Waals surface area contributed by atoms with Crippen LogP contribution in [0.2, 0.25) is 0 Å². The van der Waals surface area contributed by atoms with Crippen LogP contribution in [0.1, 0.15) is 53.1 Å². The molecule has 0 saturated heterocycles. The quantitative estimate of drug-likeness (QED) is 0.188. The molecule has 0 unspecified atom stereocenters. The van der Waals surface area contributed by atoms with E-state index in [1.165, 1.54) is 4.90 Å². The zero-order valence-corrected chi connectivity index (χ0v) is 21.5. The van der Waals surface area contributed by atoms with Crippen molar-refractivity contribution in [2.45, 2.75) is 39.8 Å². The van der Waals surface area contributed by atoms with Crippen molar-refractivity contribution < 1.29 is 23.2 Å². The number of aromatic nitrogens is 3. The van der Waals surface area contributed by atoms with Crippen LogP contribution in [0.15, 0.2) is 41.0 Å². The summed E-state index contributed by atoms with van der Waals surface area (Å²) in [5, 5.41) is 9.76. The van der Waals surface area contributed by atoms with Crippen molar-refractivity contribution in [3.63, 3.8) is 0 Å². The van der Waals surface area contributed by atoms with Gasteiger partial charge >= 0.3 is 7.60 Å². The summed E-state index contributed by atoms with van der Waals surface area (Å²) in [5.41, 5.74) is 1.51. The fraction of sp³-hybridized carbons (Fsp3) is 0.391. The van der Waals surface area contributed by atoms with E-state index in [2.05, 4.69) is 26.2 Å². The summed E-state index contributed by atoms with van der Waals surface area (Å²) in [5.74, 6) is -0.697. The third-order valence-electron chi connectivity index (χ3n) is 5.57. The zero-order valence-electron chi connectivity index (χ0n) is 19.1. The van der Waals surface area contributed by atoms with Crippen LogP contribution in [0.4, 0.5) is 0 Å². The van der Waals surface area contributed by atoms with Crippen LogP contribution < -0.4 is 0 Å². The largest absolute Gasteiger partial charge is 0.330 e. The number of rotatable bonds is 11. The molecular formula is C23H26BrN4O5P. The first-order chi connectivity index (χ1) is 16.4. The number of unbranched alkanes of at least 4 members (excludes halogenated alkanes) is 1. The topological polar surface area (TPSA) is 104 Å². The molecule has 0 radical (unpaired) electrons. The van der Waals surface area contributed by atoms with E-state index in [-0.39, 0.29) is 18.4 Å². The van der Waals surface area contributed by atoms with Crippen LogP contribution in [-0.4, -0.2) is 51.1 Å². The maximum Gasteiger partial charge on any atom is 0.330 e. The number of carbonyl (C=O) groups is 2. The summed E-state index contributed by atoms with van der Waals surface area (Å²) in [6.45, 7) is 4.86. The van der Waals surface area contributed by atoms with Gasteiger partial charge in [0, 0.05) is 27.5 Å². The fourth-order valence-corrected chi connectivity index (χ4v) is 6.27. The van der Waals surface area contributed by atoms with E-state index in [4.69, 9.17) is 9.05 Å². The van der Waals surface area contributed by atoms with E-state index < -0.39 is 7.60 Å². The smallest absolute Gasteiger partial charge is 0.309 e. The van der Waals surface area contributed by atoms with Gasteiger partial charge in [0.2, 0.25) is 0 Å². The van der Waals surface area contributed by atoms with Gasteiger partial charge in [-0.25, -0.2) is 0 Å². The van der Waals surface area contributed by atoms with E-state index in [0.29, 0.717) is 61.0 Å². The first-order valence-corrected chi connectivity index (χ1v) is 13.7. The average Bonchev–Trinajstić information content (AvgIpc) is 3.26. The maximum atomic E-state index is 13.1. The summed E-state index contributed by atoms with van der Waals surface area (Å²) >= 11 is 3.50. The molecule has 34 heavy (non-hydrogen) atoms. The number of aryl methyl sites for hydroxylation is 1. The molecule has 4 rings (SSSR count). The van der Waals surface area contributed by atoms with Crippen molar-refractivity contribution in [3.05, 3.63) is 57.8 Å². The van der Waals surface area contributed by atoms with Crippen molar-refractivity contribution in [3.8, 4) is 0 Å². The number of hydrogen-bond acceptors (Lipinski definition) is 7. The van der Waals surface area contributed by atoms with Gasteiger partial charge in [-0.05, 0) is 50.3 Å². The Labute approximate surface area is 206 Å². The van der Waals surface area contributed by atoms with Gasteiger partial charge in [-0.1, -0.05) is 33.3 Å². The van der Waals surface area contributed by atoms with E-state index >= 15 is 0 Å². The minimum atomic E-state index is -3.05. The lowest BCUT2D eigenvalue weighted by Gasteiger charge is -2.26. The van der Waals surface area contributed by atoms with Gasteiger partial charge in [-0.2, -0.15) is 0 Å². The molecule has 11 heteroatoms. The number of nitrogens with zero attached hydrogens (tertiary/aromatic N) is 4. The van der Waals surface area contributed by atoms with Crippen molar-refractivity contribution in [1.82, 2.24) is 19.9 Å². The molecule has 9 nitrogen and oxygen atoms in total. The van der Waals surface area contributed by atoms with E-state index in [0.717, 1.165) is 9.86 Å². The highest BCUT2D eigenvalue weighted by molar-refractivity contribution is 9.10.